The summed E-state index contributed by atoms with van der Waals surface area (Å²) in [5, 5.41) is 10.5. The van der Waals surface area contributed by atoms with Crippen LogP contribution in [0.3, 0.4) is 0 Å². The number of nitriles is 1. The summed E-state index contributed by atoms with van der Waals surface area (Å²) in [6.45, 7) is 0.574. The molecule has 1 aliphatic rings. The average Bonchev–Trinajstić information content (AvgIpc) is 2.74. The quantitative estimate of drug-likeness (QED) is 0.779. The third-order valence-electron chi connectivity index (χ3n) is 4.87. The molecule has 0 spiro atoms. The first kappa shape index (κ1) is 19.9. The molecule has 0 radical (unpaired) electrons. The van der Waals surface area contributed by atoms with Crippen molar-refractivity contribution in [3.63, 3.8) is 0 Å². The van der Waals surface area contributed by atoms with Gasteiger partial charge in [0.1, 0.15) is 0 Å². The van der Waals surface area contributed by atoms with Crippen molar-refractivity contribution in [3.05, 3.63) is 60.2 Å². The second-order valence-electron chi connectivity index (χ2n) is 6.69. The summed E-state index contributed by atoms with van der Waals surface area (Å²) in [5.41, 5.74) is 4.15. The molecule has 1 N–H and O–H groups in total. The van der Waals surface area contributed by atoms with Gasteiger partial charge in [-0.25, -0.2) is 8.42 Å². The minimum atomic E-state index is -3.62. The van der Waals surface area contributed by atoms with Crippen LogP contribution < -0.4 is 10.4 Å². The van der Waals surface area contributed by atoms with E-state index in [4.69, 9.17) is 5.26 Å². The van der Waals surface area contributed by atoms with E-state index >= 15 is 0 Å². The molecule has 0 atom stereocenters. The maximum Gasteiger partial charge on any atom is 0.243 e. The highest BCUT2D eigenvalue weighted by Crippen LogP contribution is 2.24. The number of sulfonamides is 1. The number of carbonyl (C=O) groups is 1. The van der Waals surface area contributed by atoms with E-state index in [0.29, 0.717) is 18.4 Å². The Hall–Kier alpha value is -2.89. The highest BCUT2D eigenvalue weighted by molar-refractivity contribution is 7.89. The van der Waals surface area contributed by atoms with E-state index in [0.717, 1.165) is 5.69 Å². The van der Waals surface area contributed by atoms with Gasteiger partial charge in [-0.15, -0.1) is 0 Å². The number of nitrogens with one attached hydrogen (secondary N) is 1. The number of hydrogen-bond donors (Lipinski definition) is 1. The number of hydrazine groups is 1. The lowest BCUT2D eigenvalue weighted by Crippen LogP contribution is -2.47. The van der Waals surface area contributed by atoms with E-state index in [-0.39, 0.29) is 29.8 Å². The second kappa shape index (κ2) is 8.42. The van der Waals surface area contributed by atoms with Crippen LogP contribution in [-0.2, 0) is 14.8 Å². The van der Waals surface area contributed by atoms with Crippen molar-refractivity contribution < 1.29 is 13.2 Å². The van der Waals surface area contributed by atoms with Crippen LogP contribution in [0.5, 0.6) is 0 Å². The van der Waals surface area contributed by atoms with Gasteiger partial charge in [0.15, 0.2) is 0 Å². The molecule has 8 heteroatoms. The molecule has 0 aromatic heterocycles. The first-order valence-corrected chi connectivity index (χ1v) is 10.5. The van der Waals surface area contributed by atoms with E-state index in [1.54, 1.807) is 12.1 Å². The Morgan fingerprint density at radius 2 is 1.71 bits per heavy atom. The molecule has 1 aliphatic heterocycles. The Morgan fingerprint density at radius 1 is 1.11 bits per heavy atom. The van der Waals surface area contributed by atoms with Crippen LogP contribution in [-0.4, -0.2) is 38.8 Å². The zero-order valence-corrected chi connectivity index (χ0v) is 16.4. The lowest BCUT2D eigenvalue weighted by molar-refractivity contribution is -0.126. The van der Waals surface area contributed by atoms with E-state index in [9.17, 15) is 13.2 Å². The molecule has 1 amide bonds. The molecule has 28 heavy (non-hydrogen) atoms. The van der Waals surface area contributed by atoms with E-state index in [2.05, 4.69) is 5.43 Å². The fraction of sp³-hybridized carbons (Fsp3) is 0.300. The number of hydrogen-bond acceptors (Lipinski definition) is 5. The van der Waals surface area contributed by atoms with Crippen molar-refractivity contribution >= 4 is 21.6 Å². The summed E-state index contributed by atoms with van der Waals surface area (Å²) >= 11 is 0. The van der Waals surface area contributed by atoms with Crippen molar-refractivity contribution in [2.24, 2.45) is 5.92 Å². The van der Waals surface area contributed by atoms with E-state index in [1.807, 2.05) is 36.4 Å². The Labute approximate surface area is 165 Å². The predicted molar refractivity (Wildman–Crippen MR) is 106 cm³/mol. The standard InChI is InChI=1S/C20H22N4O3S/c1-23(18-5-3-2-4-6-18)22-20(25)17-11-13-24(14-12-17)28(26,27)19-9-7-16(15-21)8-10-19/h2-10,17H,11-14H2,1H3,(H,22,25). The number of piperidine rings is 1. The lowest BCUT2D eigenvalue weighted by atomic mass is 9.97. The van der Waals surface area contributed by atoms with Crippen molar-refractivity contribution in [1.82, 2.24) is 9.73 Å². The number of anilines is 1. The highest BCUT2D eigenvalue weighted by Gasteiger charge is 2.32. The monoisotopic (exact) mass is 398 g/mol. The largest absolute Gasteiger partial charge is 0.289 e. The minimum Gasteiger partial charge on any atom is -0.289 e. The third-order valence-corrected chi connectivity index (χ3v) is 6.78. The summed E-state index contributed by atoms with van der Waals surface area (Å²) < 4.78 is 26.9. The maximum atomic E-state index is 12.8. The SMILES string of the molecule is CN(NC(=O)C1CCN(S(=O)(=O)c2ccc(C#N)cc2)CC1)c1ccccc1. The number of rotatable bonds is 5. The second-order valence-corrected chi connectivity index (χ2v) is 8.62. The van der Waals surface area contributed by atoms with Gasteiger partial charge in [-0.05, 0) is 49.2 Å². The zero-order chi connectivity index (χ0) is 20.1. The molecule has 0 unspecified atom stereocenters. The Bertz CT molecular complexity index is 961. The van der Waals surface area contributed by atoms with Crippen LogP contribution in [0.2, 0.25) is 0 Å². The Kier molecular flexibility index (Phi) is 5.97. The maximum absolute atomic E-state index is 12.8. The van der Waals surface area contributed by atoms with Crippen LogP contribution in [0.4, 0.5) is 5.69 Å². The fourth-order valence-electron chi connectivity index (χ4n) is 3.18. The van der Waals surface area contributed by atoms with Gasteiger partial charge in [-0.2, -0.15) is 9.57 Å². The normalized spacial score (nSPS) is 15.6. The molecule has 3 rings (SSSR count). The molecule has 2 aromatic rings. The van der Waals surface area contributed by atoms with Crippen LogP contribution in [0.15, 0.2) is 59.5 Å². The highest BCUT2D eigenvalue weighted by atomic mass is 32.2. The number of benzene rings is 2. The average molecular weight is 398 g/mol. The Morgan fingerprint density at radius 3 is 2.29 bits per heavy atom. The predicted octanol–water partition coefficient (Wildman–Crippen LogP) is 2.13. The van der Waals surface area contributed by atoms with Crippen molar-refractivity contribution in [2.75, 3.05) is 25.1 Å². The third kappa shape index (κ3) is 4.32. The first-order valence-electron chi connectivity index (χ1n) is 9.01. The lowest BCUT2D eigenvalue weighted by Gasteiger charge is -2.31. The molecule has 1 heterocycles. The molecule has 1 fully saturated rings. The number of para-hydroxylation sites is 1. The number of carbonyl (C=O) groups excluding carboxylic acids is 1. The summed E-state index contributed by atoms with van der Waals surface area (Å²) in [4.78, 5) is 12.7. The molecule has 0 saturated carbocycles. The zero-order valence-electron chi connectivity index (χ0n) is 15.6. The van der Waals surface area contributed by atoms with Gasteiger partial charge in [-0.1, -0.05) is 18.2 Å². The van der Waals surface area contributed by atoms with Gasteiger partial charge in [0, 0.05) is 26.1 Å². The van der Waals surface area contributed by atoms with E-state index < -0.39 is 10.0 Å². The molecule has 1 saturated heterocycles. The van der Waals surface area contributed by atoms with E-state index in [1.165, 1.54) is 28.6 Å². The van der Waals surface area contributed by atoms with Crippen LogP contribution in [0.1, 0.15) is 18.4 Å². The molecule has 7 nitrogen and oxygen atoms in total. The summed E-state index contributed by atoms with van der Waals surface area (Å²) in [5.74, 6) is -0.347. The smallest absolute Gasteiger partial charge is 0.243 e. The van der Waals surface area contributed by atoms with Crippen LogP contribution in [0.25, 0.3) is 0 Å². The van der Waals surface area contributed by atoms with Gasteiger partial charge < -0.3 is 0 Å². The minimum absolute atomic E-state index is 0.109. The molecule has 146 valence electrons. The summed E-state index contributed by atoms with van der Waals surface area (Å²) in [6, 6.07) is 17.3. The van der Waals surface area contributed by atoms with Gasteiger partial charge in [0.05, 0.1) is 22.2 Å². The molecule has 0 bridgehead atoms. The fourth-order valence-corrected chi connectivity index (χ4v) is 4.65. The van der Waals surface area contributed by atoms with Gasteiger partial charge in [0.2, 0.25) is 15.9 Å². The Balaban J connectivity index is 1.59. The van der Waals surface area contributed by atoms with Crippen molar-refractivity contribution in [2.45, 2.75) is 17.7 Å². The van der Waals surface area contributed by atoms with Crippen LogP contribution >= 0.6 is 0 Å². The molecular weight excluding hydrogens is 376 g/mol. The number of amides is 1. The topological polar surface area (TPSA) is 93.5 Å². The van der Waals surface area contributed by atoms with Crippen molar-refractivity contribution in [3.8, 4) is 6.07 Å². The summed E-state index contributed by atoms with van der Waals surface area (Å²) in [6.07, 6.45) is 0.925. The van der Waals surface area contributed by atoms with Gasteiger partial charge in [0.25, 0.3) is 0 Å². The summed E-state index contributed by atoms with van der Waals surface area (Å²) in [7, 11) is -1.84. The van der Waals surface area contributed by atoms with Gasteiger partial charge in [-0.3, -0.25) is 15.2 Å². The number of nitrogens with zero attached hydrogens (tertiary/aromatic N) is 3. The molecule has 2 aromatic carbocycles. The first-order chi connectivity index (χ1) is 13.4. The van der Waals surface area contributed by atoms with Gasteiger partial charge >= 0.3 is 0 Å². The molecule has 0 aliphatic carbocycles. The van der Waals surface area contributed by atoms with Crippen molar-refractivity contribution in [1.29, 1.82) is 5.26 Å². The molecular formula is C20H22N4O3S. The van der Waals surface area contributed by atoms with Crippen LogP contribution in [0, 0.1) is 17.2 Å².